The fourth-order valence-electron chi connectivity index (χ4n) is 2.22. The molecule has 2 unspecified atom stereocenters. The minimum atomic E-state index is -0.990. The van der Waals surface area contributed by atoms with E-state index in [1.807, 2.05) is 6.92 Å². The summed E-state index contributed by atoms with van der Waals surface area (Å²) in [5, 5.41) is 10.8. The highest BCUT2D eigenvalue weighted by atomic mass is 32.2. The molecular weight excluding hydrogens is 300 g/mol. The van der Waals surface area contributed by atoms with Gasteiger partial charge in [0.1, 0.15) is 12.6 Å². The van der Waals surface area contributed by atoms with Gasteiger partial charge in [0, 0.05) is 16.8 Å². The predicted octanol–water partition coefficient (Wildman–Crippen LogP) is 0.983. The van der Waals surface area contributed by atoms with Crippen molar-refractivity contribution in [3.63, 3.8) is 0 Å². The van der Waals surface area contributed by atoms with Crippen molar-refractivity contribution in [2.75, 3.05) is 5.75 Å². The molecule has 1 aliphatic rings. The van der Waals surface area contributed by atoms with Crippen LogP contribution < -0.4 is 4.87 Å². The highest BCUT2D eigenvalue weighted by Crippen LogP contribution is 2.31. The van der Waals surface area contributed by atoms with Crippen molar-refractivity contribution in [3.05, 3.63) is 20.7 Å². The lowest BCUT2D eigenvalue weighted by Gasteiger charge is -2.26. The van der Waals surface area contributed by atoms with Crippen LogP contribution in [0.15, 0.2) is 10.2 Å². The van der Waals surface area contributed by atoms with Gasteiger partial charge in [-0.1, -0.05) is 18.3 Å². The van der Waals surface area contributed by atoms with Crippen molar-refractivity contribution >= 4 is 35.0 Å². The third kappa shape index (κ3) is 2.76. The van der Waals surface area contributed by atoms with Crippen LogP contribution in [0.2, 0.25) is 0 Å². The van der Waals surface area contributed by atoms with E-state index in [0.29, 0.717) is 12.2 Å². The maximum Gasteiger partial charge on any atom is 0.327 e. The van der Waals surface area contributed by atoms with Gasteiger partial charge < -0.3 is 10.0 Å². The van der Waals surface area contributed by atoms with Crippen LogP contribution in [0.4, 0.5) is 0 Å². The molecule has 0 radical (unpaired) electrons. The number of rotatable bonds is 4. The number of hydrogen-bond donors (Lipinski definition) is 1. The zero-order valence-corrected chi connectivity index (χ0v) is 12.9. The Morgan fingerprint density at radius 3 is 2.70 bits per heavy atom. The first-order valence-electron chi connectivity index (χ1n) is 6.26. The van der Waals surface area contributed by atoms with Crippen molar-refractivity contribution < 1.29 is 14.7 Å². The monoisotopic (exact) mass is 316 g/mol. The summed E-state index contributed by atoms with van der Waals surface area (Å²) in [7, 11) is 0. The molecule has 1 aliphatic heterocycles. The number of nitrogens with zero attached hydrogens (tertiary/aromatic N) is 2. The first-order chi connectivity index (χ1) is 9.45. The molecule has 6 nitrogen and oxygen atoms in total. The van der Waals surface area contributed by atoms with Gasteiger partial charge in [-0.15, -0.1) is 11.8 Å². The number of aliphatic carboxylic acids is 1. The molecular formula is C12H16N2O4S2. The molecule has 1 saturated heterocycles. The Hall–Kier alpha value is -1.28. The Morgan fingerprint density at radius 1 is 1.50 bits per heavy atom. The molecule has 2 rings (SSSR count). The van der Waals surface area contributed by atoms with Crippen LogP contribution in [0.5, 0.6) is 0 Å². The molecule has 1 aromatic heterocycles. The first kappa shape index (κ1) is 15.1. The molecule has 8 heteroatoms. The molecule has 20 heavy (non-hydrogen) atoms. The Morgan fingerprint density at radius 2 is 2.20 bits per heavy atom. The topological polar surface area (TPSA) is 79.6 Å². The number of aromatic nitrogens is 1. The third-order valence-electron chi connectivity index (χ3n) is 3.28. The van der Waals surface area contributed by atoms with E-state index in [2.05, 4.69) is 0 Å². The average Bonchev–Trinajstić information content (AvgIpc) is 2.96. The summed E-state index contributed by atoms with van der Waals surface area (Å²) in [4.78, 5) is 36.5. The molecule has 1 fully saturated rings. The zero-order valence-electron chi connectivity index (χ0n) is 11.2. The second kappa shape index (κ2) is 6.01. The first-order valence-corrected chi connectivity index (χ1v) is 8.19. The molecule has 0 bridgehead atoms. The maximum atomic E-state index is 12.4. The Labute approximate surface area is 124 Å². The second-order valence-electron chi connectivity index (χ2n) is 4.58. The number of carbonyl (C=O) groups is 2. The van der Waals surface area contributed by atoms with E-state index in [-0.39, 0.29) is 22.7 Å². The number of amides is 1. The summed E-state index contributed by atoms with van der Waals surface area (Å²) in [6, 6.07) is -0.799. The molecule has 0 spiro atoms. The summed E-state index contributed by atoms with van der Waals surface area (Å²) < 4.78 is 1.39. The number of carboxylic acids is 1. The summed E-state index contributed by atoms with van der Waals surface area (Å²) >= 11 is 2.52. The van der Waals surface area contributed by atoms with Gasteiger partial charge in [-0.25, -0.2) is 4.79 Å². The van der Waals surface area contributed by atoms with Gasteiger partial charge in [-0.3, -0.25) is 14.2 Å². The van der Waals surface area contributed by atoms with Gasteiger partial charge in [-0.2, -0.15) is 0 Å². The van der Waals surface area contributed by atoms with Crippen LogP contribution in [-0.2, 0) is 16.1 Å². The number of thioether (sulfide) groups is 1. The van der Waals surface area contributed by atoms with Crippen molar-refractivity contribution in [1.82, 2.24) is 9.47 Å². The molecule has 1 aromatic rings. The van der Waals surface area contributed by atoms with Crippen LogP contribution in [-0.4, -0.2) is 43.6 Å². The second-order valence-corrected chi connectivity index (χ2v) is 6.61. The van der Waals surface area contributed by atoms with E-state index in [1.54, 1.807) is 12.3 Å². The number of carboxylic acid groups (broad SMARTS) is 1. The summed E-state index contributed by atoms with van der Waals surface area (Å²) in [5.74, 6) is -0.897. The van der Waals surface area contributed by atoms with E-state index in [0.717, 1.165) is 17.0 Å². The number of thiazole rings is 1. The summed E-state index contributed by atoms with van der Waals surface area (Å²) in [5.41, 5.74) is 0.722. The van der Waals surface area contributed by atoms with Gasteiger partial charge >= 0.3 is 10.8 Å². The van der Waals surface area contributed by atoms with Crippen molar-refractivity contribution in [3.8, 4) is 0 Å². The maximum absolute atomic E-state index is 12.4. The van der Waals surface area contributed by atoms with E-state index in [9.17, 15) is 19.5 Å². The molecule has 0 aromatic carbocycles. The van der Waals surface area contributed by atoms with E-state index in [1.165, 1.54) is 21.2 Å². The summed E-state index contributed by atoms with van der Waals surface area (Å²) in [6.07, 6.45) is 0.692. The van der Waals surface area contributed by atoms with E-state index < -0.39 is 12.0 Å². The highest BCUT2D eigenvalue weighted by Gasteiger charge is 2.40. The quantitative estimate of drug-likeness (QED) is 0.896. The van der Waals surface area contributed by atoms with Gasteiger partial charge in [-0.05, 0) is 13.3 Å². The number of carbonyl (C=O) groups excluding carboxylic acids is 1. The van der Waals surface area contributed by atoms with Crippen LogP contribution in [0.25, 0.3) is 0 Å². The average molecular weight is 316 g/mol. The molecule has 0 saturated carbocycles. The van der Waals surface area contributed by atoms with Crippen LogP contribution in [0, 0.1) is 6.92 Å². The van der Waals surface area contributed by atoms with Crippen LogP contribution >= 0.6 is 23.1 Å². The normalized spacial score (nSPS) is 22.2. The molecule has 1 N–H and O–H groups in total. The minimum Gasteiger partial charge on any atom is -0.480 e. The fourth-order valence-corrected chi connectivity index (χ4v) is 4.32. The van der Waals surface area contributed by atoms with Gasteiger partial charge in [0.15, 0.2) is 0 Å². The standard InChI is InChI=1S/C12H16N2O4S2/c1-3-10-14(8(6-19-10)11(16)17)9(15)4-13-7(2)5-20-12(13)18/h5,8,10H,3-4,6H2,1-2H3,(H,16,17). The van der Waals surface area contributed by atoms with Crippen molar-refractivity contribution in [2.24, 2.45) is 0 Å². The van der Waals surface area contributed by atoms with E-state index >= 15 is 0 Å². The Kier molecular flexibility index (Phi) is 4.54. The number of aryl methyl sites for hydroxylation is 1. The lowest BCUT2D eigenvalue weighted by molar-refractivity contribution is -0.149. The van der Waals surface area contributed by atoms with Crippen LogP contribution in [0.1, 0.15) is 19.0 Å². The fraction of sp³-hybridized carbons (Fsp3) is 0.583. The molecule has 0 aliphatic carbocycles. The Bertz CT molecular complexity index is 580. The lowest BCUT2D eigenvalue weighted by atomic mass is 10.2. The molecule has 1 amide bonds. The number of hydrogen-bond acceptors (Lipinski definition) is 5. The molecule has 2 heterocycles. The molecule has 2 atom stereocenters. The Balaban J connectivity index is 2.21. The van der Waals surface area contributed by atoms with Gasteiger partial charge in [0.2, 0.25) is 5.91 Å². The molecule has 110 valence electrons. The summed E-state index contributed by atoms with van der Waals surface area (Å²) in [6.45, 7) is 3.59. The van der Waals surface area contributed by atoms with Crippen LogP contribution in [0.3, 0.4) is 0 Å². The SMILES string of the molecule is CCC1SCC(C(=O)O)N1C(=O)Cn1c(C)csc1=O. The third-order valence-corrected chi connectivity index (χ3v) is 5.62. The van der Waals surface area contributed by atoms with E-state index in [4.69, 9.17) is 0 Å². The van der Waals surface area contributed by atoms with Gasteiger partial charge in [0.25, 0.3) is 0 Å². The highest BCUT2D eigenvalue weighted by molar-refractivity contribution is 8.00. The predicted molar refractivity (Wildman–Crippen MR) is 78.1 cm³/mol. The van der Waals surface area contributed by atoms with Crippen molar-refractivity contribution in [2.45, 2.75) is 38.2 Å². The van der Waals surface area contributed by atoms with Gasteiger partial charge in [0.05, 0.1) is 5.37 Å². The largest absolute Gasteiger partial charge is 0.480 e. The lowest BCUT2D eigenvalue weighted by Crippen LogP contribution is -2.47. The minimum absolute atomic E-state index is 0.0883. The van der Waals surface area contributed by atoms with Crippen molar-refractivity contribution in [1.29, 1.82) is 0 Å². The smallest absolute Gasteiger partial charge is 0.327 e. The zero-order chi connectivity index (χ0) is 14.9.